The highest BCUT2D eigenvalue weighted by Gasteiger charge is 2.44. The number of benzene rings is 9. The molecule has 284 valence electrons. The Labute approximate surface area is 355 Å². The van der Waals surface area contributed by atoms with Crippen molar-refractivity contribution in [1.82, 2.24) is 0 Å². The summed E-state index contributed by atoms with van der Waals surface area (Å²) >= 11 is 1.88. The summed E-state index contributed by atoms with van der Waals surface area (Å²) in [6.45, 7) is 4.74. The van der Waals surface area contributed by atoms with E-state index in [-0.39, 0.29) is 5.41 Å². The fourth-order valence-corrected chi connectivity index (χ4v) is 11.9. The van der Waals surface area contributed by atoms with Crippen LogP contribution in [0.4, 0.5) is 17.1 Å². The highest BCUT2D eigenvalue weighted by molar-refractivity contribution is 7.26. The lowest BCUT2D eigenvalue weighted by atomic mass is 9.63. The minimum Gasteiger partial charge on any atom is -0.309 e. The lowest BCUT2D eigenvalue weighted by Crippen LogP contribution is -2.31. The number of hydrogen-bond donors (Lipinski definition) is 0. The van der Waals surface area contributed by atoms with Crippen LogP contribution in [0.2, 0.25) is 0 Å². The maximum atomic E-state index is 2.50. The van der Waals surface area contributed by atoms with Gasteiger partial charge in [0.1, 0.15) is 0 Å². The number of nitrogens with zero attached hydrogens (tertiary/aromatic N) is 1. The Morgan fingerprint density at radius 1 is 0.367 bits per heavy atom. The van der Waals surface area contributed by atoms with E-state index in [9.17, 15) is 0 Å². The van der Waals surface area contributed by atoms with Crippen LogP contribution in [-0.2, 0) is 10.8 Å². The predicted molar refractivity (Wildman–Crippen MR) is 254 cm³/mol. The van der Waals surface area contributed by atoms with Crippen LogP contribution in [-0.4, -0.2) is 0 Å². The molecule has 1 heterocycles. The second kappa shape index (κ2) is 13.3. The van der Waals surface area contributed by atoms with Crippen molar-refractivity contribution >= 4 is 48.6 Å². The second-order valence-corrected chi connectivity index (χ2v) is 17.8. The van der Waals surface area contributed by atoms with Crippen molar-refractivity contribution in [3.05, 3.63) is 246 Å². The van der Waals surface area contributed by atoms with Crippen molar-refractivity contribution in [3.63, 3.8) is 0 Å². The molecule has 2 aliphatic rings. The molecule has 0 saturated heterocycles. The summed E-state index contributed by atoms with van der Waals surface area (Å²) in [7, 11) is 0. The van der Waals surface area contributed by atoms with Gasteiger partial charge in [0.05, 0.1) is 15.8 Å². The van der Waals surface area contributed by atoms with Gasteiger partial charge in [0.25, 0.3) is 0 Å². The predicted octanol–water partition coefficient (Wildman–Crippen LogP) is 15.9. The van der Waals surface area contributed by atoms with Gasteiger partial charge in [0, 0.05) is 32.3 Å². The van der Waals surface area contributed by atoms with Gasteiger partial charge in [-0.25, -0.2) is 0 Å². The molecule has 0 N–H and O–H groups in total. The van der Waals surface area contributed by atoms with E-state index in [1.807, 2.05) is 11.3 Å². The summed E-state index contributed by atoms with van der Waals surface area (Å²) in [5.41, 5.74) is 18.3. The van der Waals surface area contributed by atoms with Crippen molar-refractivity contribution in [2.45, 2.75) is 24.7 Å². The molecule has 2 heteroatoms. The third kappa shape index (κ3) is 4.92. The van der Waals surface area contributed by atoms with Gasteiger partial charge < -0.3 is 4.90 Å². The number of anilines is 3. The lowest BCUT2D eigenvalue weighted by Gasteiger charge is -2.38. The minimum atomic E-state index is -0.592. The van der Waals surface area contributed by atoms with E-state index < -0.39 is 5.41 Å². The third-order valence-electron chi connectivity index (χ3n) is 13.4. The maximum Gasteiger partial charge on any atom is 0.0713 e. The van der Waals surface area contributed by atoms with Crippen molar-refractivity contribution in [2.24, 2.45) is 0 Å². The van der Waals surface area contributed by atoms with Crippen LogP contribution in [0.15, 0.2) is 212 Å². The van der Waals surface area contributed by atoms with Crippen LogP contribution in [0, 0.1) is 0 Å². The molecule has 0 fully saturated rings. The van der Waals surface area contributed by atoms with E-state index in [4.69, 9.17) is 0 Å². The molecular formula is C58H41NS. The highest BCUT2D eigenvalue weighted by Crippen LogP contribution is 2.56. The number of hydrogen-bond acceptors (Lipinski definition) is 2. The van der Waals surface area contributed by atoms with E-state index in [2.05, 4.69) is 231 Å². The Morgan fingerprint density at radius 2 is 0.867 bits per heavy atom. The second-order valence-electron chi connectivity index (χ2n) is 16.8. The molecule has 2 aliphatic carbocycles. The van der Waals surface area contributed by atoms with Gasteiger partial charge in [-0.05, 0) is 103 Å². The first-order chi connectivity index (χ1) is 29.5. The smallest absolute Gasteiger partial charge is 0.0713 e. The van der Waals surface area contributed by atoms with Crippen molar-refractivity contribution in [1.29, 1.82) is 0 Å². The van der Waals surface area contributed by atoms with Crippen LogP contribution >= 0.6 is 11.3 Å². The maximum absolute atomic E-state index is 2.50. The summed E-state index contributed by atoms with van der Waals surface area (Å²) < 4.78 is 2.59. The first-order valence-corrected chi connectivity index (χ1v) is 21.7. The molecule has 0 atom stereocenters. The van der Waals surface area contributed by atoms with Crippen molar-refractivity contribution in [2.75, 3.05) is 4.90 Å². The summed E-state index contributed by atoms with van der Waals surface area (Å²) in [5, 5.41) is 2.59. The minimum absolute atomic E-state index is 0.124. The molecule has 0 spiro atoms. The zero-order valence-electron chi connectivity index (χ0n) is 33.6. The van der Waals surface area contributed by atoms with Crippen LogP contribution in [0.3, 0.4) is 0 Å². The summed E-state index contributed by atoms with van der Waals surface area (Å²) in [6, 6.07) is 79.4. The Kier molecular flexibility index (Phi) is 7.73. The molecule has 1 nitrogen and oxygen atoms in total. The van der Waals surface area contributed by atoms with Gasteiger partial charge >= 0.3 is 0 Å². The third-order valence-corrected chi connectivity index (χ3v) is 14.6. The SMILES string of the molecule is CC1(C)c2ccccc2-c2ccc(N(c3ccc(C4(c5ccccc5)c5ccccc5-c5ccccc5-c5ccccc54)cc3)c3cccc4c3sc3ccccc34)cc21. The average molecular weight is 784 g/mol. The van der Waals surface area contributed by atoms with Crippen molar-refractivity contribution < 1.29 is 0 Å². The van der Waals surface area contributed by atoms with Crippen LogP contribution < -0.4 is 4.90 Å². The average Bonchev–Trinajstić information content (AvgIpc) is 3.76. The molecule has 10 aromatic rings. The van der Waals surface area contributed by atoms with E-state index in [0.717, 1.165) is 11.4 Å². The van der Waals surface area contributed by atoms with Gasteiger partial charge in [0.2, 0.25) is 0 Å². The number of thiophene rings is 1. The first kappa shape index (κ1) is 35.0. The molecular weight excluding hydrogens is 743 g/mol. The topological polar surface area (TPSA) is 3.24 Å². The Bertz CT molecular complexity index is 3230. The molecule has 0 amide bonds. The summed E-state index contributed by atoms with van der Waals surface area (Å²) in [6.07, 6.45) is 0. The summed E-state index contributed by atoms with van der Waals surface area (Å²) in [5.74, 6) is 0. The van der Waals surface area contributed by atoms with Gasteiger partial charge in [-0.2, -0.15) is 0 Å². The Hall–Kier alpha value is -7.00. The highest BCUT2D eigenvalue weighted by atomic mass is 32.1. The van der Waals surface area contributed by atoms with E-state index in [1.165, 1.54) is 92.6 Å². The molecule has 0 aliphatic heterocycles. The van der Waals surface area contributed by atoms with E-state index in [1.54, 1.807) is 0 Å². The normalized spacial score (nSPS) is 14.1. The van der Waals surface area contributed by atoms with Gasteiger partial charge in [-0.15, -0.1) is 11.3 Å². The lowest BCUT2D eigenvalue weighted by molar-refractivity contribution is 0.660. The van der Waals surface area contributed by atoms with Crippen LogP contribution in [0.25, 0.3) is 53.6 Å². The fraction of sp³-hybridized carbons (Fsp3) is 0.0690. The van der Waals surface area contributed by atoms with E-state index >= 15 is 0 Å². The van der Waals surface area contributed by atoms with Crippen molar-refractivity contribution in [3.8, 4) is 33.4 Å². The molecule has 0 bridgehead atoms. The van der Waals surface area contributed by atoms with Gasteiger partial charge in [0.15, 0.2) is 0 Å². The molecule has 1 aromatic heterocycles. The van der Waals surface area contributed by atoms with E-state index in [0.29, 0.717) is 0 Å². The molecule has 0 saturated carbocycles. The summed E-state index contributed by atoms with van der Waals surface area (Å²) in [4.78, 5) is 2.50. The van der Waals surface area contributed by atoms with Crippen LogP contribution in [0.1, 0.15) is 47.2 Å². The largest absolute Gasteiger partial charge is 0.309 e. The molecule has 60 heavy (non-hydrogen) atoms. The number of fused-ring (bicyclic) bond motifs is 11. The molecule has 9 aromatic carbocycles. The quantitative estimate of drug-likeness (QED) is 0.168. The standard InChI is InChI=1S/C58H41NS/c1-57(2)50-26-12-8-23-46(50)47-36-35-41(37-53(47)57)59(54-29-16-25-49-48-24-11-15-30-55(48)60-56(49)54)40-33-31-39(32-34-40)58(38-17-4-3-5-18-38)51-27-13-9-21-44(51)42-19-6-7-20-43(42)45-22-10-14-28-52(45)58/h3-37H,1-2H3. The zero-order valence-corrected chi connectivity index (χ0v) is 34.4. The van der Waals surface area contributed by atoms with Gasteiger partial charge in [-0.1, -0.05) is 190 Å². The fourth-order valence-electron chi connectivity index (χ4n) is 10.7. The van der Waals surface area contributed by atoms with Crippen LogP contribution in [0.5, 0.6) is 0 Å². The first-order valence-electron chi connectivity index (χ1n) is 20.9. The Balaban J connectivity index is 1.11. The van der Waals surface area contributed by atoms with Gasteiger partial charge in [-0.3, -0.25) is 0 Å². The Morgan fingerprint density at radius 3 is 1.55 bits per heavy atom. The number of rotatable bonds is 5. The monoisotopic (exact) mass is 783 g/mol. The molecule has 0 unspecified atom stereocenters. The molecule has 12 rings (SSSR count). The zero-order chi connectivity index (χ0) is 40.0. The molecule has 0 radical (unpaired) electrons.